The van der Waals surface area contributed by atoms with E-state index in [1.165, 1.54) is 59.1 Å². The van der Waals surface area contributed by atoms with Gasteiger partial charge in [-0.3, -0.25) is 0 Å². The molecule has 0 nitrogen and oxygen atoms in total. The summed E-state index contributed by atoms with van der Waals surface area (Å²) in [5.74, 6) is 1.61. The SMILES string of the molecule is C[Si](C)=[Hf+2]([CH]1C(C2CC2)=Cc2c(-c3ccc(C(C)(C)C)cc3)cccc21)[CH]1C(C2CC2)=Cc2c(-c3ccc(C(C)(C)C)cc3)cccc21.[Cl-].[Cl-]. The van der Waals surface area contributed by atoms with Gasteiger partial charge in [-0.25, -0.2) is 0 Å². The molecule has 2 unspecified atom stereocenters. The second-order valence-electron chi connectivity index (χ2n) is 17.4. The van der Waals surface area contributed by atoms with Gasteiger partial charge in [-0.05, 0) is 0 Å². The van der Waals surface area contributed by atoms with Gasteiger partial charge in [0.2, 0.25) is 0 Å². The molecule has 4 aliphatic rings. The fourth-order valence-corrected chi connectivity index (χ4v) is 37.8. The summed E-state index contributed by atoms with van der Waals surface area (Å²) in [6.45, 7) is 19.3. The van der Waals surface area contributed by atoms with Crippen LogP contribution in [0.25, 0.3) is 34.4 Å². The van der Waals surface area contributed by atoms with Gasteiger partial charge in [0.25, 0.3) is 0 Å². The molecule has 2 fully saturated rings. The molecule has 8 rings (SSSR count). The molecular weight excluding hydrogens is 830 g/mol. The predicted octanol–water partition coefficient (Wildman–Crippen LogP) is 6.89. The Hall–Kier alpha value is -1.97. The molecule has 0 aliphatic heterocycles. The number of hydrogen-bond donors (Lipinski definition) is 0. The van der Waals surface area contributed by atoms with E-state index < -0.39 is 25.6 Å². The average Bonchev–Trinajstić information content (AvgIpc) is 4.00. The van der Waals surface area contributed by atoms with E-state index >= 15 is 0 Å². The molecular formula is C46H52Cl2HfSi. The van der Waals surface area contributed by atoms with E-state index in [0.29, 0.717) is 0 Å². The molecule has 0 heterocycles. The Bertz CT molecular complexity index is 1870. The van der Waals surface area contributed by atoms with Crippen LogP contribution >= 0.6 is 0 Å². The Morgan fingerprint density at radius 1 is 0.520 bits per heavy atom. The summed E-state index contributed by atoms with van der Waals surface area (Å²) < 4.78 is 1.45. The molecule has 258 valence electrons. The summed E-state index contributed by atoms with van der Waals surface area (Å²) in [5.41, 5.74) is 18.5. The zero-order chi connectivity index (χ0) is 33.5. The number of rotatable bonds is 6. The topological polar surface area (TPSA) is 0 Å². The van der Waals surface area contributed by atoms with Crippen molar-refractivity contribution in [2.45, 2.75) is 98.5 Å². The Morgan fingerprint density at radius 2 is 0.880 bits per heavy atom. The minimum atomic E-state index is -2.42. The van der Waals surface area contributed by atoms with E-state index in [0.717, 1.165) is 19.2 Å². The fraction of sp³-hybridized carbons (Fsp3) is 0.391. The van der Waals surface area contributed by atoms with Crippen LogP contribution in [0.5, 0.6) is 0 Å². The number of benzene rings is 4. The Morgan fingerprint density at radius 3 is 1.18 bits per heavy atom. The monoisotopic (exact) mass is 882 g/mol. The molecule has 4 heteroatoms. The van der Waals surface area contributed by atoms with Crippen LogP contribution in [0.4, 0.5) is 0 Å². The number of fused-ring (bicyclic) bond motifs is 2. The van der Waals surface area contributed by atoms with E-state index in [2.05, 4.69) is 152 Å². The summed E-state index contributed by atoms with van der Waals surface area (Å²) in [4.78, 5) is 0. The number of hydrogen-bond acceptors (Lipinski definition) is 0. The predicted molar refractivity (Wildman–Crippen MR) is 206 cm³/mol. The molecule has 0 amide bonds. The Kier molecular flexibility index (Phi) is 10.7. The first-order valence-electron chi connectivity index (χ1n) is 18.5. The van der Waals surface area contributed by atoms with Crippen molar-refractivity contribution in [1.29, 1.82) is 0 Å². The van der Waals surface area contributed by atoms with Gasteiger partial charge in [0.05, 0.1) is 0 Å². The van der Waals surface area contributed by atoms with Gasteiger partial charge in [-0.2, -0.15) is 0 Å². The Balaban J connectivity index is 0.00000216. The molecule has 0 N–H and O–H groups in total. The minimum absolute atomic E-state index is 0. The van der Waals surface area contributed by atoms with Crippen LogP contribution in [0.3, 0.4) is 0 Å². The third-order valence-electron chi connectivity index (χ3n) is 11.6. The fourth-order valence-electron chi connectivity index (χ4n) is 8.63. The Labute approximate surface area is 322 Å². The van der Waals surface area contributed by atoms with Crippen molar-refractivity contribution in [2.75, 3.05) is 0 Å². The van der Waals surface area contributed by atoms with Crippen molar-refractivity contribution >= 4 is 17.6 Å². The summed E-state index contributed by atoms with van der Waals surface area (Å²) in [5, 5.41) is 0. The van der Waals surface area contributed by atoms with Gasteiger partial charge < -0.3 is 24.8 Å². The standard InChI is InChI=1S/2C22H23.C2H6Si.2ClH.Hf/c2*1-22(2,3)19-11-9-16(10-12-19)20-6-4-5-17-13-18(14-21(17)20)15-7-8-15;1-3-2;;;/h2*4-6,9-15H,7-8H2,1-3H3;1-2H3;2*1H;/q;;;;;+2/p-2. The van der Waals surface area contributed by atoms with Gasteiger partial charge in [0, 0.05) is 0 Å². The number of halogens is 2. The molecule has 0 saturated heterocycles. The zero-order valence-corrected chi connectivity index (χ0v) is 37.2. The second-order valence-corrected chi connectivity index (χ2v) is 42.4. The molecule has 4 aromatic carbocycles. The maximum atomic E-state index is 2.73. The summed E-state index contributed by atoms with van der Waals surface area (Å²) in [6.07, 6.45) is 11.0. The first kappa shape index (κ1) is 37.8. The number of allylic oxidation sites excluding steroid dienone is 2. The summed E-state index contributed by atoms with van der Waals surface area (Å²) in [7, 11) is 0. The third kappa shape index (κ3) is 6.93. The van der Waals surface area contributed by atoms with Crippen LogP contribution < -0.4 is 24.8 Å². The van der Waals surface area contributed by atoms with E-state index in [1.807, 2.05) is 11.1 Å². The maximum Gasteiger partial charge on any atom is -1.00 e. The zero-order valence-electron chi connectivity index (χ0n) is 31.1. The van der Waals surface area contributed by atoms with E-state index in [9.17, 15) is 0 Å². The molecule has 0 spiro atoms. The van der Waals surface area contributed by atoms with Gasteiger partial charge >= 0.3 is 300 Å². The van der Waals surface area contributed by atoms with Crippen LogP contribution in [0, 0.1) is 11.8 Å². The first-order valence-corrected chi connectivity index (χ1v) is 30.5. The first-order chi connectivity index (χ1) is 22.9. The molecule has 4 aromatic rings. The van der Waals surface area contributed by atoms with E-state index in [-0.39, 0.29) is 35.6 Å². The van der Waals surface area contributed by atoms with Crippen LogP contribution in [0.2, 0.25) is 13.1 Å². The third-order valence-corrected chi connectivity index (χ3v) is 39.0. The summed E-state index contributed by atoms with van der Waals surface area (Å²) >= 11 is -2.42. The molecule has 4 aliphatic carbocycles. The van der Waals surface area contributed by atoms with Crippen molar-refractivity contribution < 1.29 is 44.9 Å². The van der Waals surface area contributed by atoms with Crippen LogP contribution in [0.1, 0.15) is 108 Å². The molecule has 2 saturated carbocycles. The molecule has 0 radical (unpaired) electrons. The van der Waals surface area contributed by atoms with Gasteiger partial charge in [-0.1, -0.05) is 0 Å². The normalized spacial score (nSPS) is 19.3. The van der Waals surface area contributed by atoms with Gasteiger partial charge in [0.15, 0.2) is 0 Å². The van der Waals surface area contributed by atoms with E-state index in [1.54, 1.807) is 22.3 Å². The molecule has 0 aromatic heterocycles. The van der Waals surface area contributed by atoms with Crippen molar-refractivity contribution in [1.82, 2.24) is 0 Å². The molecule has 50 heavy (non-hydrogen) atoms. The van der Waals surface area contributed by atoms with Crippen LogP contribution in [-0.4, -0.2) is 5.49 Å². The largest absolute Gasteiger partial charge is 1.00 e. The second kappa shape index (κ2) is 14.1. The van der Waals surface area contributed by atoms with Crippen molar-refractivity contribution in [3.05, 3.63) is 129 Å². The quantitative estimate of drug-likeness (QED) is 0.186. The maximum absolute atomic E-state index is 2.73. The van der Waals surface area contributed by atoms with E-state index in [4.69, 9.17) is 0 Å². The van der Waals surface area contributed by atoms with Crippen molar-refractivity contribution in [3.8, 4) is 22.3 Å². The van der Waals surface area contributed by atoms with Crippen LogP contribution in [0.15, 0.2) is 96.1 Å². The van der Waals surface area contributed by atoms with Crippen molar-refractivity contribution in [3.63, 3.8) is 0 Å². The smallest absolute Gasteiger partial charge is 1.00 e. The van der Waals surface area contributed by atoms with Crippen LogP contribution in [-0.2, 0) is 30.9 Å². The molecule has 0 bridgehead atoms. The summed E-state index contributed by atoms with van der Waals surface area (Å²) in [6, 6.07) is 33.7. The minimum Gasteiger partial charge on any atom is -1.00 e. The van der Waals surface area contributed by atoms with Gasteiger partial charge in [-0.15, -0.1) is 0 Å². The van der Waals surface area contributed by atoms with Gasteiger partial charge in [0.1, 0.15) is 0 Å². The average molecular weight is 882 g/mol. The van der Waals surface area contributed by atoms with Crippen molar-refractivity contribution in [2.24, 2.45) is 11.8 Å². The molecule has 2 atom stereocenters.